The number of aryl methyl sites for hydroxylation is 2. The Morgan fingerprint density at radius 1 is 1.17 bits per heavy atom. The molecule has 124 valence electrons. The molecule has 0 saturated heterocycles. The lowest BCUT2D eigenvalue weighted by atomic mass is 10.2. The summed E-state index contributed by atoms with van der Waals surface area (Å²) < 4.78 is 16.6. The highest BCUT2D eigenvalue weighted by molar-refractivity contribution is 7.07. The summed E-state index contributed by atoms with van der Waals surface area (Å²) in [7, 11) is 0. The molecular formula is C16H14ClN3O3S. The molecule has 1 aromatic carbocycles. The molecule has 0 N–H and O–H groups in total. The van der Waals surface area contributed by atoms with Crippen molar-refractivity contribution in [3.63, 3.8) is 0 Å². The summed E-state index contributed by atoms with van der Waals surface area (Å²) >= 11 is 7.88. The number of fused-ring (bicyclic) bond motifs is 1. The van der Waals surface area contributed by atoms with Crippen LogP contribution in [-0.2, 0) is 12.8 Å². The van der Waals surface area contributed by atoms with E-state index in [4.69, 9.17) is 25.6 Å². The fourth-order valence-electron chi connectivity index (χ4n) is 2.43. The number of hydrogen-bond acceptors (Lipinski definition) is 7. The molecule has 0 aliphatic carbocycles. The number of hydrogen-bond donors (Lipinski definition) is 0. The summed E-state index contributed by atoms with van der Waals surface area (Å²) in [4.78, 5) is 8.68. The standard InChI is InChI=1S/C16H14ClN3O3S/c17-12-6-10(7-13-15(12)22-5-1-4-21-13)16-19-14(23-20-16)3-2-11-8-24-9-18-11/h6-9H,1-5H2. The third kappa shape index (κ3) is 3.22. The van der Waals surface area contributed by atoms with E-state index in [0.717, 1.165) is 24.1 Å². The summed E-state index contributed by atoms with van der Waals surface area (Å²) in [6.07, 6.45) is 2.24. The minimum Gasteiger partial charge on any atom is -0.489 e. The molecule has 24 heavy (non-hydrogen) atoms. The molecule has 6 nitrogen and oxygen atoms in total. The average Bonchev–Trinajstić information content (AvgIpc) is 3.20. The molecule has 2 aromatic heterocycles. The Morgan fingerprint density at radius 3 is 2.96 bits per heavy atom. The van der Waals surface area contributed by atoms with Crippen LogP contribution < -0.4 is 9.47 Å². The first-order valence-electron chi connectivity index (χ1n) is 7.59. The third-order valence-electron chi connectivity index (χ3n) is 3.61. The third-order valence-corrected chi connectivity index (χ3v) is 4.52. The second-order valence-corrected chi connectivity index (χ2v) is 6.45. The first-order chi connectivity index (χ1) is 11.8. The Morgan fingerprint density at radius 2 is 2.08 bits per heavy atom. The Balaban J connectivity index is 1.55. The lowest BCUT2D eigenvalue weighted by molar-refractivity contribution is 0.297. The van der Waals surface area contributed by atoms with Gasteiger partial charge in [0.15, 0.2) is 11.5 Å². The molecule has 0 radical (unpaired) electrons. The van der Waals surface area contributed by atoms with Crippen LogP contribution in [0.15, 0.2) is 27.5 Å². The largest absolute Gasteiger partial charge is 0.489 e. The van der Waals surface area contributed by atoms with E-state index in [1.54, 1.807) is 17.4 Å². The van der Waals surface area contributed by atoms with Gasteiger partial charge in [-0.05, 0) is 18.6 Å². The molecule has 0 atom stereocenters. The van der Waals surface area contributed by atoms with Crippen LogP contribution in [0.2, 0.25) is 5.02 Å². The van der Waals surface area contributed by atoms with Gasteiger partial charge in [-0.15, -0.1) is 11.3 Å². The predicted molar refractivity (Wildman–Crippen MR) is 89.9 cm³/mol. The van der Waals surface area contributed by atoms with Crippen molar-refractivity contribution >= 4 is 22.9 Å². The lowest BCUT2D eigenvalue weighted by Crippen LogP contribution is -1.97. The average molecular weight is 364 g/mol. The molecule has 4 rings (SSSR count). The van der Waals surface area contributed by atoms with E-state index >= 15 is 0 Å². The smallest absolute Gasteiger partial charge is 0.227 e. The fraction of sp³-hybridized carbons (Fsp3) is 0.312. The van der Waals surface area contributed by atoms with Crippen LogP contribution >= 0.6 is 22.9 Å². The molecule has 8 heteroatoms. The van der Waals surface area contributed by atoms with E-state index in [9.17, 15) is 0 Å². The Labute approximate surface area is 147 Å². The molecular weight excluding hydrogens is 350 g/mol. The van der Waals surface area contributed by atoms with E-state index in [0.29, 0.717) is 47.9 Å². The highest BCUT2D eigenvalue weighted by atomic mass is 35.5. The zero-order chi connectivity index (χ0) is 16.4. The van der Waals surface area contributed by atoms with Gasteiger partial charge in [0.25, 0.3) is 0 Å². The van der Waals surface area contributed by atoms with E-state index in [1.165, 1.54) is 0 Å². The number of nitrogens with zero attached hydrogens (tertiary/aromatic N) is 3. The Kier molecular flexibility index (Phi) is 4.36. The zero-order valence-electron chi connectivity index (χ0n) is 12.7. The molecule has 1 aliphatic rings. The Bertz CT molecular complexity index is 835. The minimum absolute atomic E-state index is 0.484. The van der Waals surface area contributed by atoms with Gasteiger partial charge in [0.1, 0.15) is 0 Å². The first kappa shape index (κ1) is 15.4. The number of rotatable bonds is 4. The minimum atomic E-state index is 0.484. The predicted octanol–water partition coefficient (Wildman–Crippen LogP) is 3.79. The lowest BCUT2D eigenvalue weighted by Gasteiger charge is -2.09. The number of benzene rings is 1. The van der Waals surface area contributed by atoms with Gasteiger partial charge >= 0.3 is 0 Å². The van der Waals surface area contributed by atoms with Gasteiger partial charge in [0.05, 0.1) is 29.4 Å². The van der Waals surface area contributed by atoms with Crippen LogP contribution in [0.4, 0.5) is 0 Å². The summed E-state index contributed by atoms with van der Waals surface area (Å²) in [5.41, 5.74) is 3.58. The molecule has 0 saturated carbocycles. The van der Waals surface area contributed by atoms with Crippen molar-refractivity contribution in [2.45, 2.75) is 19.3 Å². The van der Waals surface area contributed by atoms with E-state index in [2.05, 4.69) is 15.1 Å². The van der Waals surface area contributed by atoms with Crippen molar-refractivity contribution in [2.24, 2.45) is 0 Å². The van der Waals surface area contributed by atoms with E-state index < -0.39 is 0 Å². The van der Waals surface area contributed by atoms with Gasteiger partial charge < -0.3 is 14.0 Å². The molecule has 0 spiro atoms. The normalized spacial score (nSPS) is 13.7. The van der Waals surface area contributed by atoms with Crippen molar-refractivity contribution in [3.05, 3.63) is 39.6 Å². The number of halogens is 1. The number of thiazole rings is 1. The maximum absolute atomic E-state index is 6.31. The van der Waals surface area contributed by atoms with Gasteiger partial charge in [-0.25, -0.2) is 4.98 Å². The van der Waals surface area contributed by atoms with Gasteiger partial charge in [0, 0.05) is 23.8 Å². The van der Waals surface area contributed by atoms with Crippen LogP contribution in [0.5, 0.6) is 11.5 Å². The van der Waals surface area contributed by atoms with Crippen molar-refractivity contribution in [3.8, 4) is 22.9 Å². The van der Waals surface area contributed by atoms with Crippen molar-refractivity contribution in [1.82, 2.24) is 15.1 Å². The summed E-state index contributed by atoms with van der Waals surface area (Å²) in [5.74, 6) is 2.25. The second kappa shape index (κ2) is 6.78. The highest BCUT2D eigenvalue weighted by Gasteiger charge is 2.18. The van der Waals surface area contributed by atoms with Gasteiger partial charge in [0.2, 0.25) is 11.7 Å². The van der Waals surface area contributed by atoms with Crippen LogP contribution in [0, 0.1) is 0 Å². The quantitative estimate of drug-likeness (QED) is 0.702. The van der Waals surface area contributed by atoms with Gasteiger partial charge in [-0.3, -0.25) is 0 Å². The fourth-order valence-corrected chi connectivity index (χ4v) is 3.29. The van der Waals surface area contributed by atoms with Gasteiger partial charge in [-0.2, -0.15) is 4.98 Å². The SMILES string of the molecule is Clc1cc(-c2noc(CCc3cscn3)n2)cc2c1OCCCO2. The zero-order valence-corrected chi connectivity index (χ0v) is 14.3. The monoisotopic (exact) mass is 363 g/mol. The van der Waals surface area contributed by atoms with E-state index in [1.807, 2.05) is 17.0 Å². The molecule has 3 aromatic rings. The number of aromatic nitrogens is 3. The highest BCUT2D eigenvalue weighted by Crippen LogP contribution is 2.40. The van der Waals surface area contributed by atoms with Crippen molar-refractivity contribution in [2.75, 3.05) is 13.2 Å². The molecule has 0 bridgehead atoms. The molecule has 0 fully saturated rings. The second-order valence-electron chi connectivity index (χ2n) is 5.33. The summed E-state index contributed by atoms with van der Waals surface area (Å²) in [6.45, 7) is 1.19. The van der Waals surface area contributed by atoms with Crippen molar-refractivity contribution in [1.29, 1.82) is 0 Å². The number of ether oxygens (including phenoxy) is 2. The van der Waals surface area contributed by atoms with Crippen molar-refractivity contribution < 1.29 is 14.0 Å². The van der Waals surface area contributed by atoms with Crippen LogP contribution in [0.3, 0.4) is 0 Å². The Hall–Kier alpha value is -2.12. The van der Waals surface area contributed by atoms with E-state index in [-0.39, 0.29) is 0 Å². The molecule has 1 aliphatic heterocycles. The van der Waals surface area contributed by atoms with Crippen LogP contribution in [0.25, 0.3) is 11.4 Å². The first-order valence-corrected chi connectivity index (χ1v) is 8.91. The van der Waals surface area contributed by atoms with Crippen LogP contribution in [-0.4, -0.2) is 28.3 Å². The summed E-state index contributed by atoms with van der Waals surface area (Å²) in [5, 5.41) is 6.54. The van der Waals surface area contributed by atoms with Crippen LogP contribution in [0.1, 0.15) is 18.0 Å². The molecule has 0 amide bonds. The molecule has 3 heterocycles. The molecule has 0 unspecified atom stereocenters. The maximum atomic E-state index is 6.31. The van der Waals surface area contributed by atoms with Gasteiger partial charge in [-0.1, -0.05) is 16.8 Å². The maximum Gasteiger partial charge on any atom is 0.227 e. The topological polar surface area (TPSA) is 70.3 Å². The summed E-state index contributed by atoms with van der Waals surface area (Å²) in [6, 6.07) is 3.60.